The molecule has 0 aliphatic rings. The van der Waals surface area contributed by atoms with E-state index in [-0.39, 0.29) is 27.7 Å². The maximum atomic E-state index is 12.7. The minimum Gasteiger partial charge on any atom is -0.465 e. The molecule has 0 aromatic carbocycles. The Balaban J connectivity index is 1.89. The van der Waals surface area contributed by atoms with Crippen LogP contribution in [0.1, 0.15) is 49.4 Å². The average molecular weight is 434 g/mol. The minimum absolute atomic E-state index is 0.145. The zero-order valence-corrected chi connectivity index (χ0v) is 17.7. The zero-order chi connectivity index (χ0) is 21.0. The van der Waals surface area contributed by atoms with Crippen LogP contribution in [0.15, 0.2) is 23.6 Å². The predicted molar refractivity (Wildman–Crippen MR) is 111 cm³/mol. The fraction of sp³-hybridized carbons (Fsp3) is 0.263. The zero-order valence-electron chi connectivity index (χ0n) is 16.0. The molecule has 2 N–H and O–H groups in total. The Kier molecular flexibility index (Phi) is 6.45. The highest BCUT2D eigenvalue weighted by molar-refractivity contribution is 7.18. The molecule has 0 saturated heterocycles. The maximum absolute atomic E-state index is 12.7. The van der Waals surface area contributed by atoms with Gasteiger partial charge in [0.1, 0.15) is 9.88 Å². The summed E-state index contributed by atoms with van der Waals surface area (Å²) in [7, 11) is 1.25. The molecule has 8 nitrogen and oxygen atoms in total. The molecule has 29 heavy (non-hydrogen) atoms. The van der Waals surface area contributed by atoms with Crippen LogP contribution in [-0.4, -0.2) is 41.8 Å². The highest BCUT2D eigenvalue weighted by atomic mass is 32.1. The number of rotatable bonds is 7. The number of carbonyl (C=O) groups excluding carboxylic acids is 3. The first-order valence-corrected chi connectivity index (χ1v) is 10.4. The van der Waals surface area contributed by atoms with Gasteiger partial charge in [0.25, 0.3) is 5.91 Å². The summed E-state index contributed by atoms with van der Waals surface area (Å²) in [6, 6.07) is 5.43. The molecule has 3 rings (SSSR count). The minimum atomic E-state index is -0.604. The molecule has 0 aliphatic heterocycles. The largest absolute Gasteiger partial charge is 0.465 e. The van der Waals surface area contributed by atoms with Crippen LogP contribution in [0.5, 0.6) is 0 Å². The van der Waals surface area contributed by atoms with Gasteiger partial charge in [0.05, 0.1) is 29.9 Å². The number of thiophene rings is 2. The van der Waals surface area contributed by atoms with Gasteiger partial charge in [-0.05, 0) is 36.4 Å². The van der Waals surface area contributed by atoms with Crippen molar-refractivity contribution in [2.75, 3.05) is 19.0 Å². The van der Waals surface area contributed by atoms with Crippen LogP contribution in [0.25, 0.3) is 10.6 Å². The molecular formula is C19H19N3O5S2. The molecule has 3 aromatic rings. The fourth-order valence-electron chi connectivity index (χ4n) is 2.56. The number of nitrogens with zero attached hydrogens (tertiary/aromatic N) is 1. The molecule has 10 heteroatoms. The van der Waals surface area contributed by atoms with Gasteiger partial charge in [-0.1, -0.05) is 13.0 Å². The third-order valence-corrected chi connectivity index (χ3v) is 6.07. The van der Waals surface area contributed by atoms with E-state index in [0.717, 1.165) is 16.2 Å². The van der Waals surface area contributed by atoms with E-state index in [1.165, 1.54) is 18.4 Å². The number of ether oxygens (including phenoxy) is 2. The van der Waals surface area contributed by atoms with E-state index in [1.807, 2.05) is 24.4 Å². The van der Waals surface area contributed by atoms with Crippen molar-refractivity contribution in [3.05, 3.63) is 45.3 Å². The summed E-state index contributed by atoms with van der Waals surface area (Å²) in [5.74, 6) is -1.70. The Labute approximate surface area is 174 Å². The van der Waals surface area contributed by atoms with Gasteiger partial charge >= 0.3 is 11.9 Å². The third-order valence-electron chi connectivity index (χ3n) is 3.98. The summed E-state index contributed by atoms with van der Waals surface area (Å²) < 4.78 is 9.98. The smallest absolute Gasteiger partial charge is 0.348 e. The van der Waals surface area contributed by atoms with Crippen molar-refractivity contribution >= 4 is 45.5 Å². The molecular weight excluding hydrogens is 414 g/mol. The van der Waals surface area contributed by atoms with Crippen LogP contribution in [-0.2, 0) is 9.47 Å². The van der Waals surface area contributed by atoms with Gasteiger partial charge in [-0.15, -0.1) is 22.7 Å². The van der Waals surface area contributed by atoms with E-state index >= 15 is 0 Å². The first-order chi connectivity index (χ1) is 14.0. The van der Waals surface area contributed by atoms with Crippen LogP contribution in [0.3, 0.4) is 0 Å². The van der Waals surface area contributed by atoms with Crippen LogP contribution >= 0.6 is 22.7 Å². The monoisotopic (exact) mass is 433 g/mol. The van der Waals surface area contributed by atoms with Gasteiger partial charge in [-0.25, -0.2) is 9.59 Å². The van der Waals surface area contributed by atoms with E-state index in [9.17, 15) is 14.4 Å². The number of hydrogen-bond donors (Lipinski definition) is 2. The van der Waals surface area contributed by atoms with Gasteiger partial charge in [-0.3, -0.25) is 9.89 Å². The Morgan fingerprint density at radius 3 is 2.72 bits per heavy atom. The number of aromatic amines is 1. The molecule has 152 valence electrons. The van der Waals surface area contributed by atoms with E-state index in [1.54, 1.807) is 13.0 Å². The van der Waals surface area contributed by atoms with Crippen molar-refractivity contribution in [1.82, 2.24) is 10.2 Å². The van der Waals surface area contributed by atoms with Crippen molar-refractivity contribution in [2.45, 2.75) is 20.3 Å². The lowest BCUT2D eigenvalue weighted by Crippen LogP contribution is -2.15. The lowest BCUT2D eigenvalue weighted by Gasteiger charge is -2.06. The molecule has 0 radical (unpaired) electrons. The van der Waals surface area contributed by atoms with Crippen LogP contribution in [0, 0.1) is 6.92 Å². The number of H-pyrrole nitrogens is 1. The Morgan fingerprint density at radius 2 is 2.07 bits per heavy atom. The summed E-state index contributed by atoms with van der Waals surface area (Å²) in [6.07, 6.45) is 0.652. The van der Waals surface area contributed by atoms with Crippen molar-refractivity contribution in [3.63, 3.8) is 0 Å². The maximum Gasteiger partial charge on any atom is 0.348 e. The molecule has 0 saturated carbocycles. The summed E-state index contributed by atoms with van der Waals surface area (Å²) >= 11 is 2.48. The van der Waals surface area contributed by atoms with Crippen LogP contribution in [0.2, 0.25) is 0 Å². The Hall–Kier alpha value is -2.98. The van der Waals surface area contributed by atoms with Gasteiger partial charge < -0.3 is 14.8 Å². The summed E-state index contributed by atoms with van der Waals surface area (Å²) in [5, 5.41) is 11.7. The molecule has 0 bridgehead atoms. The van der Waals surface area contributed by atoms with Crippen molar-refractivity contribution < 1.29 is 23.9 Å². The van der Waals surface area contributed by atoms with Crippen molar-refractivity contribution in [3.8, 4) is 10.6 Å². The number of hydrogen-bond acceptors (Lipinski definition) is 8. The van der Waals surface area contributed by atoms with Crippen molar-refractivity contribution in [2.24, 2.45) is 0 Å². The Bertz CT molecular complexity index is 1040. The van der Waals surface area contributed by atoms with E-state index < -0.39 is 17.8 Å². The van der Waals surface area contributed by atoms with Crippen LogP contribution < -0.4 is 5.32 Å². The molecule has 0 unspecified atom stereocenters. The lowest BCUT2D eigenvalue weighted by molar-refractivity contribution is 0.0506. The predicted octanol–water partition coefficient (Wildman–Crippen LogP) is 4.11. The highest BCUT2D eigenvalue weighted by Crippen LogP contribution is 2.34. The highest BCUT2D eigenvalue weighted by Gasteiger charge is 2.27. The van der Waals surface area contributed by atoms with Gasteiger partial charge in [0.2, 0.25) is 0 Å². The third kappa shape index (κ3) is 4.38. The lowest BCUT2D eigenvalue weighted by atomic mass is 10.1. The van der Waals surface area contributed by atoms with Crippen LogP contribution in [0.4, 0.5) is 5.00 Å². The van der Waals surface area contributed by atoms with E-state index in [0.29, 0.717) is 17.7 Å². The second kappa shape index (κ2) is 9.01. The fourth-order valence-corrected chi connectivity index (χ4v) is 4.37. The van der Waals surface area contributed by atoms with Crippen molar-refractivity contribution in [1.29, 1.82) is 0 Å². The first-order valence-electron chi connectivity index (χ1n) is 8.75. The number of aromatic nitrogens is 2. The number of esters is 2. The van der Waals surface area contributed by atoms with Gasteiger partial charge in [-0.2, -0.15) is 5.10 Å². The molecule has 0 fully saturated rings. The quantitative estimate of drug-likeness (QED) is 0.543. The number of amides is 1. The second-order valence-corrected chi connectivity index (χ2v) is 7.95. The number of nitrogens with one attached hydrogen (secondary N) is 2. The average Bonchev–Trinajstić information content (AvgIpc) is 3.45. The first kappa shape index (κ1) is 20.7. The molecule has 0 spiro atoms. The van der Waals surface area contributed by atoms with Gasteiger partial charge in [0, 0.05) is 0 Å². The molecule has 3 heterocycles. The SMILES string of the molecule is CCCOC(=O)c1c(NC(=O)c2cc(-c3cccs3)[nH]n2)sc(C(=O)OC)c1C. The summed E-state index contributed by atoms with van der Waals surface area (Å²) in [6.45, 7) is 3.72. The summed E-state index contributed by atoms with van der Waals surface area (Å²) in [4.78, 5) is 38.4. The molecule has 0 aliphatic carbocycles. The topological polar surface area (TPSA) is 110 Å². The Morgan fingerprint density at radius 1 is 1.28 bits per heavy atom. The van der Waals surface area contributed by atoms with Gasteiger partial charge in [0.15, 0.2) is 5.69 Å². The standard InChI is InChI=1S/C19H19N3O5S2/c1-4-7-27-18(24)14-10(2)15(19(25)26-3)29-17(14)20-16(23)12-9-11(21-22-12)13-6-5-8-28-13/h5-6,8-9H,4,7H2,1-3H3,(H,20,23)(H,21,22). The number of anilines is 1. The molecule has 0 atom stereocenters. The molecule has 3 aromatic heterocycles. The normalized spacial score (nSPS) is 10.6. The van der Waals surface area contributed by atoms with E-state index in [2.05, 4.69) is 15.5 Å². The number of methoxy groups -OCH3 is 1. The second-order valence-electron chi connectivity index (χ2n) is 5.99. The number of carbonyl (C=O) groups is 3. The van der Waals surface area contributed by atoms with E-state index in [4.69, 9.17) is 9.47 Å². The molecule has 1 amide bonds. The summed E-state index contributed by atoms with van der Waals surface area (Å²) in [5.41, 5.74) is 1.42.